The van der Waals surface area contributed by atoms with Crippen molar-refractivity contribution in [1.82, 2.24) is 21.3 Å². The number of nitrogens with zero attached hydrogens (tertiary/aromatic N) is 2. The maximum Gasteiger partial charge on any atom is 0.427 e. The lowest BCUT2D eigenvalue weighted by atomic mass is 9.93. The highest BCUT2D eigenvalue weighted by Crippen LogP contribution is 2.29. The Hall–Kier alpha value is -3.69. The number of hydrogen-bond donors (Lipinski definition) is 3. The summed E-state index contributed by atoms with van der Waals surface area (Å²) in [6.45, 7) is 3.67. The number of pyridine rings is 1. The minimum atomic E-state index is -0.648. The van der Waals surface area contributed by atoms with Gasteiger partial charge in [0.2, 0.25) is 0 Å². The highest BCUT2D eigenvalue weighted by atomic mass is 16.5. The molecular weight excluding hydrogens is 378 g/mol. The van der Waals surface area contributed by atoms with E-state index in [-0.39, 0.29) is 12.4 Å². The zero-order chi connectivity index (χ0) is 20.8. The Bertz CT molecular complexity index is 951. The van der Waals surface area contributed by atoms with Gasteiger partial charge in [-0.15, -0.1) is 0 Å². The first-order valence-corrected chi connectivity index (χ1v) is 9.14. The lowest BCUT2D eigenvalue weighted by Crippen LogP contribution is -2.41. The molecule has 0 aromatic carbocycles. The van der Waals surface area contributed by atoms with Crippen LogP contribution < -0.4 is 16.3 Å². The van der Waals surface area contributed by atoms with Crippen molar-refractivity contribution in [1.29, 1.82) is 0 Å². The Morgan fingerprint density at radius 1 is 1.17 bits per heavy atom. The van der Waals surface area contributed by atoms with E-state index in [1.807, 2.05) is 0 Å². The molecule has 0 aliphatic heterocycles. The average molecular weight is 399 g/mol. The number of hydrazone groups is 1. The molecule has 0 saturated heterocycles. The molecular formula is C19H21N5O5. The van der Waals surface area contributed by atoms with Crippen molar-refractivity contribution in [3.05, 3.63) is 52.7 Å². The maximum atomic E-state index is 12.5. The van der Waals surface area contributed by atoms with Gasteiger partial charge in [-0.2, -0.15) is 5.10 Å². The first-order valence-electron chi connectivity index (χ1n) is 9.14. The van der Waals surface area contributed by atoms with E-state index in [0.717, 1.165) is 6.42 Å². The largest absolute Gasteiger partial charge is 0.455 e. The average Bonchev–Trinajstić information content (AvgIpc) is 3.08. The van der Waals surface area contributed by atoms with Gasteiger partial charge in [0.25, 0.3) is 5.91 Å². The van der Waals surface area contributed by atoms with Crippen LogP contribution in [0, 0.1) is 6.92 Å². The summed E-state index contributed by atoms with van der Waals surface area (Å²) in [4.78, 5) is 39.9. The standard InChI is InChI=1S/C19H21N5O5/c1-3-28-19(27)24-21-13-5-4-6-14-15(13)11(2)16(29-14)18(26)23-22-17(25)12-7-9-20-10-8-12/h7-10H,3-6H2,1-2H3,(H,22,25)(H,23,26)(H,24,27)/b21-13+. The van der Waals surface area contributed by atoms with Gasteiger partial charge in [-0.1, -0.05) is 0 Å². The fourth-order valence-corrected chi connectivity index (χ4v) is 3.02. The molecule has 10 heteroatoms. The van der Waals surface area contributed by atoms with E-state index >= 15 is 0 Å². The molecule has 0 radical (unpaired) electrons. The first kappa shape index (κ1) is 20.1. The number of rotatable bonds is 4. The van der Waals surface area contributed by atoms with Crippen LogP contribution in [0.15, 0.2) is 34.0 Å². The van der Waals surface area contributed by atoms with E-state index < -0.39 is 17.9 Å². The second-order valence-corrected chi connectivity index (χ2v) is 6.24. The number of carbonyl (C=O) groups excluding carboxylic acids is 3. The van der Waals surface area contributed by atoms with Crippen LogP contribution in [0.1, 0.15) is 57.6 Å². The molecule has 10 nitrogen and oxygen atoms in total. The third kappa shape index (κ3) is 4.60. The summed E-state index contributed by atoms with van der Waals surface area (Å²) in [7, 11) is 0. The Labute approximate surface area is 166 Å². The molecule has 2 aromatic rings. The van der Waals surface area contributed by atoms with E-state index in [1.54, 1.807) is 13.8 Å². The molecule has 0 atom stereocenters. The van der Waals surface area contributed by atoms with Crippen LogP contribution in [0.3, 0.4) is 0 Å². The first-order chi connectivity index (χ1) is 14.0. The molecule has 0 saturated carbocycles. The monoisotopic (exact) mass is 399 g/mol. The predicted octanol–water partition coefficient (Wildman–Crippen LogP) is 1.84. The molecule has 1 aliphatic rings. The molecule has 2 heterocycles. The van der Waals surface area contributed by atoms with E-state index in [9.17, 15) is 14.4 Å². The van der Waals surface area contributed by atoms with Crippen molar-refractivity contribution in [3.8, 4) is 0 Å². The molecule has 29 heavy (non-hydrogen) atoms. The lowest BCUT2D eigenvalue weighted by molar-refractivity contribution is 0.0829. The maximum absolute atomic E-state index is 12.5. The van der Waals surface area contributed by atoms with Gasteiger partial charge in [-0.3, -0.25) is 25.4 Å². The van der Waals surface area contributed by atoms with Crippen LogP contribution in [-0.4, -0.2) is 35.2 Å². The topological polar surface area (TPSA) is 135 Å². The summed E-state index contributed by atoms with van der Waals surface area (Å²) in [5.41, 5.74) is 9.27. The number of nitrogens with one attached hydrogen (secondary N) is 3. The molecule has 152 valence electrons. The van der Waals surface area contributed by atoms with Crippen molar-refractivity contribution in [2.24, 2.45) is 5.10 Å². The minimum Gasteiger partial charge on any atom is -0.455 e. The fraction of sp³-hybridized carbons (Fsp3) is 0.316. The summed E-state index contributed by atoms with van der Waals surface area (Å²) in [6.07, 6.45) is 4.35. The van der Waals surface area contributed by atoms with Gasteiger partial charge in [0.1, 0.15) is 5.76 Å². The van der Waals surface area contributed by atoms with Crippen LogP contribution >= 0.6 is 0 Å². The Kier molecular flexibility index (Phi) is 6.22. The number of carbonyl (C=O) groups is 3. The Balaban J connectivity index is 1.73. The second kappa shape index (κ2) is 9.00. The van der Waals surface area contributed by atoms with E-state index in [0.29, 0.717) is 41.0 Å². The summed E-state index contributed by atoms with van der Waals surface area (Å²) in [6, 6.07) is 3.05. The number of hydrogen-bond acceptors (Lipinski definition) is 7. The SMILES string of the molecule is CCOC(=O)N/N=C1\CCCc2oc(C(=O)NNC(=O)c3ccncc3)c(C)c21. The number of fused-ring (bicyclic) bond motifs is 1. The molecule has 0 fully saturated rings. The smallest absolute Gasteiger partial charge is 0.427 e. The van der Waals surface area contributed by atoms with Crippen molar-refractivity contribution in [2.75, 3.05) is 6.61 Å². The van der Waals surface area contributed by atoms with Gasteiger partial charge >= 0.3 is 12.0 Å². The third-order valence-corrected chi connectivity index (χ3v) is 4.32. The molecule has 0 bridgehead atoms. The van der Waals surface area contributed by atoms with Crippen molar-refractivity contribution < 1.29 is 23.5 Å². The quantitative estimate of drug-likeness (QED) is 0.672. The highest BCUT2D eigenvalue weighted by molar-refractivity contribution is 6.07. The molecule has 1 aliphatic carbocycles. The zero-order valence-corrected chi connectivity index (χ0v) is 16.1. The molecule has 3 N–H and O–H groups in total. The summed E-state index contributed by atoms with van der Waals surface area (Å²) < 4.78 is 10.5. The Morgan fingerprint density at radius 3 is 2.62 bits per heavy atom. The minimum absolute atomic E-state index is 0.0794. The normalized spacial score (nSPS) is 14.1. The fourth-order valence-electron chi connectivity index (χ4n) is 3.02. The van der Waals surface area contributed by atoms with Gasteiger partial charge in [0.15, 0.2) is 5.76 Å². The second-order valence-electron chi connectivity index (χ2n) is 6.24. The van der Waals surface area contributed by atoms with Crippen LogP contribution in [0.2, 0.25) is 0 Å². The molecule has 0 unspecified atom stereocenters. The van der Waals surface area contributed by atoms with Crippen LogP contribution in [0.25, 0.3) is 0 Å². The van der Waals surface area contributed by atoms with Gasteiger partial charge in [0, 0.05) is 35.5 Å². The highest BCUT2D eigenvalue weighted by Gasteiger charge is 2.28. The van der Waals surface area contributed by atoms with E-state index in [1.165, 1.54) is 24.5 Å². The molecule has 2 aromatic heterocycles. The number of ether oxygens (including phenoxy) is 1. The van der Waals surface area contributed by atoms with E-state index in [4.69, 9.17) is 9.15 Å². The third-order valence-electron chi connectivity index (χ3n) is 4.32. The predicted molar refractivity (Wildman–Crippen MR) is 102 cm³/mol. The number of amides is 3. The molecule has 3 amide bonds. The summed E-state index contributed by atoms with van der Waals surface area (Å²) in [5.74, 6) is -0.368. The van der Waals surface area contributed by atoms with Gasteiger partial charge in [-0.25, -0.2) is 10.2 Å². The number of hydrazine groups is 1. The van der Waals surface area contributed by atoms with Crippen LogP contribution in [0.4, 0.5) is 4.79 Å². The molecule has 3 rings (SSSR count). The van der Waals surface area contributed by atoms with Crippen molar-refractivity contribution >= 4 is 23.6 Å². The summed E-state index contributed by atoms with van der Waals surface area (Å²) >= 11 is 0. The molecule has 0 spiro atoms. The Morgan fingerprint density at radius 2 is 1.90 bits per heavy atom. The van der Waals surface area contributed by atoms with Gasteiger partial charge < -0.3 is 9.15 Å². The number of aromatic nitrogens is 1. The van der Waals surface area contributed by atoms with Crippen molar-refractivity contribution in [3.63, 3.8) is 0 Å². The van der Waals surface area contributed by atoms with Crippen LogP contribution in [-0.2, 0) is 11.2 Å². The number of furan rings is 1. The lowest BCUT2D eigenvalue weighted by Gasteiger charge is -2.13. The van der Waals surface area contributed by atoms with E-state index in [2.05, 4.69) is 26.4 Å². The zero-order valence-electron chi connectivity index (χ0n) is 16.1. The van der Waals surface area contributed by atoms with Gasteiger partial charge in [-0.05, 0) is 38.8 Å². The van der Waals surface area contributed by atoms with Gasteiger partial charge in [0.05, 0.1) is 12.3 Å². The number of aryl methyl sites for hydroxylation is 1. The van der Waals surface area contributed by atoms with Crippen LogP contribution in [0.5, 0.6) is 0 Å². The van der Waals surface area contributed by atoms with Crippen molar-refractivity contribution in [2.45, 2.75) is 33.1 Å². The summed E-state index contributed by atoms with van der Waals surface area (Å²) in [5, 5.41) is 4.12.